The van der Waals surface area contributed by atoms with Crippen LogP contribution in [-0.2, 0) is 6.54 Å². The first kappa shape index (κ1) is 10.4. The number of carbonyl (C=O) groups is 1. The van der Waals surface area contributed by atoms with Crippen molar-refractivity contribution in [3.8, 4) is 0 Å². The zero-order valence-electron chi connectivity index (χ0n) is 8.16. The summed E-state index contributed by atoms with van der Waals surface area (Å²) in [5.41, 5.74) is 0.749. The van der Waals surface area contributed by atoms with Gasteiger partial charge in [-0.3, -0.25) is 0 Å². The average molecular weight is 194 g/mol. The third-order valence-electron chi connectivity index (χ3n) is 1.59. The molecule has 0 saturated carbocycles. The summed E-state index contributed by atoms with van der Waals surface area (Å²) in [6.45, 7) is 3.10. The summed E-state index contributed by atoms with van der Waals surface area (Å²) < 4.78 is 0. The number of carbonyl (C=O) groups excluding carboxylic acids is 1. The molecule has 76 valence electrons. The molecule has 14 heavy (non-hydrogen) atoms. The van der Waals surface area contributed by atoms with E-state index < -0.39 is 0 Å². The predicted molar refractivity (Wildman–Crippen MR) is 52.6 cm³/mol. The second kappa shape index (κ2) is 5.90. The maximum atomic E-state index is 11.1. The fraction of sp³-hybridized carbons (Fsp3) is 0.444. The number of nitrogens with zero attached hydrogens (tertiary/aromatic N) is 2. The van der Waals surface area contributed by atoms with Gasteiger partial charge in [0.25, 0.3) is 0 Å². The second-order valence-corrected chi connectivity index (χ2v) is 2.82. The molecule has 0 spiro atoms. The molecule has 0 aliphatic carbocycles. The van der Waals surface area contributed by atoms with E-state index in [-0.39, 0.29) is 6.03 Å². The molecule has 1 aromatic rings. The van der Waals surface area contributed by atoms with Crippen molar-refractivity contribution in [3.05, 3.63) is 24.0 Å². The minimum absolute atomic E-state index is 0.169. The number of rotatable bonds is 4. The molecule has 0 atom stereocenters. The Morgan fingerprint density at radius 3 is 3.00 bits per heavy atom. The highest BCUT2D eigenvalue weighted by atomic mass is 16.2. The highest BCUT2D eigenvalue weighted by molar-refractivity contribution is 5.73. The van der Waals surface area contributed by atoms with Crippen LogP contribution in [-0.4, -0.2) is 22.8 Å². The number of aromatic nitrogens is 2. The SMILES string of the molecule is CCCNC(=O)NCc1cccnn1. The molecule has 0 aromatic carbocycles. The number of hydrogen-bond donors (Lipinski definition) is 2. The van der Waals surface area contributed by atoms with Gasteiger partial charge in [0.2, 0.25) is 0 Å². The molecule has 1 aromatic heterocycles. The predicted octanol–water partition coefficient (Wildman–Crippen LogP) is 0.686. The molecule has 5 nitrogen and oxygen atoms in total. The molecule has 0 fully saturated rings. The molecule has 0 aliphatic heterocycles. The molecule has 0 unspecified atom stereocenters. The van der Waals surface area contributed by atoms with E-state index in [4.69, 9.17) is 0 Å². The number of hydrogen-bond acceptors (Lipinski definition) is 3. The smallest absolute Gasteiger partial charge is 0.315 e. The summed E-state index contributed by atoms with van der Waals surface area (Å²) in [6.07, 6.45) is 2.53. The fourth-order valence-electron chi connectivity index (χ4n) is 0.900. The van der Waals surface area contributed by atoms with Crippen molar-refractivity contribution in [2.75, 3.05) is 6.54 Å². The zero-order chi connectivity index (χ0) is 10.2. The summed E-state index contributed by atoms with van der Waals surface area (Å²) in [5.74, 6) is 0. The van der Waals surface area contributed by atoms with Crippen molar-refractivity contribution in [2.45, 2.75) is 19.9 Å². The molecule has 5 heteroatoms. The van der Waals surface area contributed by atoms with E-state index in [9.17, 15) is 4.79 Å². The van der Waals surface area contributed by atoms with Crippen LogP contribution in [0.1, 0.15) is 19.0 Å². The highest BCUT2D eigenvalue weighted by Crippen LogP contribution is 1.88. The lowest BCUT2D eigenvalue weighted by atomic mass is 10.4. The molecule has 0 saturated heterocycles. The summed E-state index contributed by atoms with van der Waals surface area (Å²) in [6, 6.07) is 3.43. The molecule has 0 aliphatic rings. The molecule has 0 bridgehead atoms. The van der Waals surface area contributed by atoms with E-state index in [1.807, 2.05) is 13.0 Å². The second-order valence-electron chi connectivity index (χ2n) is 2.82. The third-order valence-corrected chi connectivity index (χ3v) is 1.59. The maximum absolute atomic E-state index is 11.1. The summed E-state index contributed by atoms with van der Waals surface area (Å²) >= 11 is 0. The normalized spacial score (nSPS) is 9.50. The Labute approximate surface area is 82.9 Å². The fourth-order valence-corrected chi connectivity index (χ4v) is 0.900. The van der Waals surface area contributed by atoms with Crippen LogP contribution in [0.15, 0.2) is 18.3 Å². The first-order valence-corrected chi connectivity index (χ1v) is 4.61. The topological polar surface area (TPSA) is 66.9 Å². The lowest BCUT2D eigenvalue weighted by Crippen LogP contribution is -2.35. The van der Waals surface area contributed by atoms with Crippen molar-refractivity contribution in [1.29, 1.82) is 0 Å². The minimum Gasteiger partial charge on any atom is -0.338 e. The standard InChI is InChI=1S/C9H14N4O/c1-2-5-10-9(14)11-7-8-4-3-6-12-13-8/h3-4,6H,2,5,7H2,1H3,(H2,10,11,14). The monoisotopic (exact) mass is 194 g/mol. The van der Waals surface area contributed by atoms with Gasteiger partial charge in [0.15, 0.2) is 0 Å². The van der Waals surface area contributed by atoms with Crippen LogP contribution in [0.4, 0.5) is 4.79 Å². The zero-order valence-corrected chi connectivity index (χ0v) is 8.16. The van der Waals surface area contributed by atoms with Crippen molar-refractivity contribution in [3.63, 3.8) is 0 Å². The van der Waals surface area contributed by atoms with Crippen LogP contribution in [0.3, 0.4) is 0 Å². The summed E-state index contributed by atoms with van der Waals surface area (Å²) in [7, 11) is 0. The van der Waals surface area contributed by atoms with Gasteiger partial charge in [0.05, 0.1) is 12.2 Å². The van der Waals surface area contributed by atoms with Gasteiger partial charge < -0.3 is 10.6 Å². The van der Waals surface area contributed by atoms with E-state index in [1.165, 1.54) is 0 Å². The quantitative estimate of drug-likeness (QED) is 0.741. The largest absolute Gasteiger partial charge is 0.338 e. The molecular weight excluding hydrogens is 180 g/mol. The van der Waals surface area contributed by atoms with Gasteiger partial charge in [-0.1, -0.05) is 6.92 Å². The van der Waals surface area contributed by atoms with E-state index in [1.54, 1.807) is 12.3 Å². The molecular formula is C9H14N4O. The van der Waals surface area contributed by atoms with Crippen LogP contribution in [0.5, 0.6) is 0 Å². The average Bonchev–Trinajstić information content (AvgIpc) is 2.25. The Hall–Kier alpha value is -1.65. The molecule has 1 rings (SSSR count). The molecule has 2 amide bonds. The van der Waals surface area contributed by atoms with Crippen molar-refractivity contribution < 1.29 is 4.79 Å². The number of amides is 2. The lowest BCUT2D eigenvalue weighted by Gasteiger charge is -2.04. The van der Waals surface area contributed by atoms with E-state index in [2.05, 4.69) is 20.8 Å². The van der Waals surface area contributed by atoms with Crippen molar-refractivity contribution >= 4 is 6.03 Å². The van der Waals surface area contributed by atoms with Crippen LogP contribution >= 0.6 is 0 Å². The Balaban J connectivity index is 2.24. The van der Waals surface area contributed by atoms with Gasteiger partial charge in [-0.2, -0.15) is 10.2 Å². The highest BCUT2D eigenvalue weighted by Gasteiger charge is 1.98. The minimum atomic E-state index is -0.169. The summed E-state index contributed by atoms with van der Waals surface area (Å²) in [4.78, 5) is 11.1. The Morgan fingerprint density at radius 1 is 1.50 bits per heavy atom. The van der Waals surface area contributed by atoms with Gasteiger partial charge in [-0.25, -0.2) is 4.79 Å². The van der Waals surface area contributed by atoms with Crippen LogP contribution in [0.25, 0.3) is 0 Å². The van der Waals surface area contributed by atoms with E-state index in [0.717, 1.165) is 12.1 Å². The van der Waals surface area contributed by atoms with Gasteiger partial charge in [-0.15, -0.1) is 0 Å². The van der Waals surface area contributed by atoms with Gasteiger partial charge >= 0.3 is 6.03 Å². The Morgan fingerprint density at radius 2 is 2.36 bits per heavy atom. The van der Waals surface area contributed by atoms with E-state index >= 15 is 0 Å². The molecule has 2 N–H and O–H groups in total. The number of urea groups is 1. The van der Waals surface area contributed by atoms with Crippen LogP contribution in [0.2, 0.25) is 0 Å². The number of nitrogens with one attached hydrogen (secondary N) is 2. The van der Waals surface area contributed by atoms with E-state index in [0.29, 0.717) is 13.1 Å². The Kier molecular flexibility index (Phi) is 4.40. The van der Waals surface area contributed by atoms with Gasteiger partial charge in [0.1, 0.15) is 0 Å². The lowest BCUT2D eigenvalue weighted by molar-refractivity contribution is 0.240. The third kappa shape index (κ3) is 3.84. The van der Waals surface area contributed by atoms with Crippen LogP contribution in [0, 0.1) is 0 Å². The summed E-state index contributed by atoms with van der Waals surface area (Å²) in [5, 5.41) is 12.9. The van der Waals surface area contributed by atoms with Crippen LogP contribution < -0.4 is 10.6 Å². The first-order chi connectivity index (χ1) is 6.83. The van der Waals surface area contributed by atoms with Gasteiger partial charge in [-0.05, 0) is 18.6 Å². The molecule has 0 radical (unpaired) electrons. The van der Waals surface area contributed by atoms with Crippen molar-refractivity contribution in [1.82, 2.24) is 20.8 Å². The Bertz CT molecular complexity index is 275. The maximum Gasteiger partial charge on any atom is 0.315 e. The first-order valence-electron chi connectivity index (χ1n) is 4.61. The van der Waals surface area contributed by atoms with Crippen molar-refractivity contribution in [2.24, 2.45) is 0 Å². The molecule has 1 heterocycles. The van der Waals surface area contributed by atoms with Gasteiger partial charge in [0, 0.05) is 12.7 Å².